The smallest absolute Gasteiger partial charge is 0.368 e. The molecular weight excluding hydrogens is 282 g/mol. The van der Waals surface area contributed by atoms with Crippen LogP contribution in [0.25, 0.3) is 0 Å². The summed E-state index contributed by atoms with van der Waals surface area (Å²) in [5.74, 6) is 0. The quantitative estimate of drug-likeness (QED) is 0.494. The van der Waals surface area contributed by atoms with Crippen LogP contribution in [0.1, 0.15) is 45.4 Å². The third-order valence-corrected chi connectivity index (χ3v) is 7.40. The second-order valence-electron chi connectivity index (χ2n) is 5.41. The topological polar surface area (TPSA) is 135 Å². The van der Waals surface area contributed by atoms with E-state index in [1.165, 1.54) is 0 Å². The van der Waals surface area contributed by atoms with Crippen LogP contribution in [-0.2, 0) is 9.13 Å². The van der Waals surface area contributed by atoms with Gasteiger partial charge >= 0.3 is 15.2 Å². The van der Waals surface area contributed by atoms with Gasteiger partial charge in [0.15, 0.2) is 0 Å². The highest BCUT2D eigenvalue weighted by molar-refractivity contribution is 7.72. The Morgan fingerprint density at radius 1 is 1.00 bits per heavy atom. The number of hydrogen-bond acceptors (Lipinski definition) is 3. The minimum Gasteiger partial charge on any atom is -0.368 e. The van der Waals surface area contributed by atoms with Crippen molar-refractivity contribution in [3.63, 3.8) is 0 Å². The summed E-state index contributed by atoms with van der Waals surface area (Å²) in [5, 5.41) is 6.60. The fraction of sp³-hybridized carbons (Fsp3) is 1.00. The molecule has 0 unspecified atom stereocenters. The van der Waals surface area contributed by atoms with Crippen molar-refractivity contribution in [2.45, 2.75) is 50.5 Å². The maximum Gasteiger partial charge on any atom is 0.369 e. The lowest BCUT2D eigenvalue weighted by Crippen LogP contribution is -2.36. The standard InChI is InChI=1S/C9H20O7P2/c1-8(5-3-2-4-6-8)7-9(10,17(11,12)13)18(14,15)16/h10H,2-7H2,1H3,(H2,11,12,13)(H2,14,15,16). The summed E-state index contributed by atoms with van der Waals surface area (Å²) in [6.45, 7) is 1.70. The summed E-state index contributed by atoms with van der Waals surface area (Å²) >= 11 is 0. The van der Waals surface area contributed by atoms with E-state index in [1.807, 2.05) is 0 Å². The van der Waals surface area contributed by atoms with Gasteiger partial charge in [-0.05, 0) is 18.3 Å². The van der Waals surface area contributed by atoms with Gasteiger partial charge in [0.1, 0.15) is 0 Å². The van der Waals surface area contributed by atoms with E-state index in [0.717, 1.165) is 19.3 Å². The largest absolute Gasteiger partial charge is 0.369 e. The van der Waals surface area contributed by atoms with Gasteiger partial charge in [0.25, 0.3) is 5.08 Å². The highest BCUT2D eigenvalue weighted by Gasteiger charge is 2.61. The fourth-order valence-corrected chi connectivity index (χ4v) is 5.06. The molecule has 5 N–H and O–H groups in total. The Balaban J connectivity index is 3.07. The van der Waals surface area contributed by atoms with Gasteiger partial charge in [-0.25, -0.2) is 0 Å². The molecule has 7 nitrogen and oxygen atoms in total. The molecule has 0 aromatic carbocycles. The van der Waals surface area contributed by atoms with E-state index in [2.05, 4.69) is 0 Å². The molecule has 1 saturated carbocycles. The normalized spacial score (nSPS) is 21.9. The average molecular weight is 302 g/mol. The Bertz CT molecular complexity index is 368. The molecule has 0 bridgehead atoms. The Hall–Kier alpha value is 0.260. The molecule has 1 fully saturated rings. The highest BCUT2D eigenvalue weighted by Crippen LogP contribution is 2.71. The van der Waals surface area contributed by atoms with Crippen LogP contribution in [0.5, 0.6) is 0 Å². The second kappa shape index (κ2) is 4.98. The Morgan fingerprint density at radius 2 is 1.39 bits per heavy atom. The van der Waals surface area contributed by atoms with Gasteiger partial charge in [0.05, 0.1) is 0 Å². The maximum atomic E-state index is 11.3. The average Bonchev–Trinajstić information content (AvgIpc) is 2.14. The molecule has 0 aromatic rings. The summed E-state index contributed by atoms with van der Waals surface area (Å²) in [5.41, 5.74) is -0.657. The predicted molar refractivity (Wildman–Crippen MR) is 64.8 cm³/mol. The molecule has 9 heteroatoms. The molecule has 18 heavy (non-hydrogen) atoms. The first-order chi connectivity index (χ1) is 7.91. The molecular formula is C9H20O7P2. The zero-order chi connectivity index (χ0) is 14.2. The predicted octanol–water partition coefficient (Wildman–Crippen LogP) is 1.35. The van der Waals surface area contributed by atoms with Crippen LogP contribution in [0.2, 0.25) is 0 Å². The van der Waals surface area contributed by atoms with Crippen molar-refractivity contribution >= 4 is 15.2 Å². The van der Waals surface area contributed by atoms with E-state index in [0.29, 0.717) is 12.8 Å². The molecule has 1 aliphatic rings. The number of hydrogen-bond donors (Lipinski definition) is 5. The molecule has 0 heterocycles. The Kier molecular flexibility index (Phi) is 4.52. The summed E-state index contributed by atoms with van der Waals surface area (Å²) < 4.78 is 22.5. The van der Waals surface area contributed by atoms with Crippen molar-refractivity contribution in [2.24, 2.45) is 5.41 Å². The first-order valence-electron chi connectivity index (χ1n) is 5.75. The minimum absolute atomic E-state index is 0.589. The van der Waals surface area contributed by atoms with Crippen LogP contribution in [0.15, 0.2) is 0 Å². The third kappa shape index (κ3) is 3.23. The van der Waals surface area contributed by atoms with E-state index in [4.69, 9.17) is 19.6 Å². The summed E-state index contributed by atoms with van der Waals surface area (Å²) in [7, 11) is -10.7. The van der Waals surface area contributed by atoms with Crippen LogP contribution in [-0.4, -0.2) is 29.8 Å². The van der Waals surface area contributed by atoms with Crippen molar-refractivity contribution in [3.05, 3.63) is 0 Å². The van der Waals surface area contributed by atoms with E-state index >= 15 is 0 Å². The lowest BCUT2D eigenvalue weighted by atomic mass is 9.73. The molecule has 0 aromatic heterocycles. The van der Waals surface area contributed by atoms with Crippen molar-refractivity contribution in [1.82, 2.24) is 0 Å². The zero-order valence-corrected chi connectivity index (χ0v) is 12.0. The van der Waals surface area contributed by atoms with Gasteiger partial charge in [-0.3, -0.25) is 9.13 Å². The monoisotopic (exact) mass is 302 g/mol. The maximum absolute atomic E-state index is 11.3. The summed E-state index contributed by atoms with van der Waals surface area (Å²) in [4.78, 5) is 36.3. The van der Waals surface area contributed by atoms with E-state index in [-0.39, 0.29) is 0 Å². The SMILES string of the molecule is CC1(CC(O)(P(=O)(O)O)P(=O)(O)O)CCCCC1. The molecule has 0 saturated heterocycles. The minimum atomic E-state index is -5.33. The first kappa shape index (κ1) is 16.3. The molecule has 1 aliphatic carbocycles. The Labute approximate surface area is 106 Å². The molecule has 0 amide bonds. The Morgan fingerprint density at radius 3 is 1.72 bits per heavy atom. The van der Waals surface area contributed by atoms with Gasteiger partial charge in [-0.1, -0.05) is 26.2 Å². The van der Waals surface area contributed by atoms with Crippen molar-refractivity contribution < 1.29 is 33.8 Å². The van der Waals surface area contributed by atoms with E-state index in [1.54, 1.807) is 6.92 Å². The van der Waals surface area contributed by atoms with Crippen LogP contribution in [0.3, 0.4) is 0 Å². The molecule has 0 atom stereocenters. The van der Waals surface area contributed by atoms with Gasteiger partial charge in [0, 0.05) is 6.42 Å². The van der Waals surface area contributed by atoms with Crippen LogP contribution in [0, 0.1) is 5.41 Å². The lowest BCUT2D eigenvalue weighted by molar-refractivity contribution is 0.0622. The van der Waals surface area contributed by atoms with Crippen LogP contribution >= 0.6 is 15.2 Å². The van der Waals surface area contributed by atoms with Gasteiger partial charge in [0.2, 0.25) is 0 Å². The second-order valence-corrected chi connectivity index (χ2v) is 9.42. The molecule has 0 spiro atoms. The highest BCUT2D eigenvalue weighted by atomic mass is 31.2. The zero-order valence-electron chi connectivity index (χ0n) is 10.2. The molecule has 0 aliphatic heterocycles. The third-order valence-electron chi connectivity index (χ3n) is 3.66. The first-order valence-corrected chi connectivity index (χ1v) is 8.97. The summed E-state index contributed by atoms with van der Waals surface area (Å²) in [6, 6.07) is 0. The van der Waals surface area contributed by atoms with Gasteiger partial charge < -0.3 is 24.7 Å². The number of aliphatic hydroxyl groups is 1. The number of rotatable bonds is 4. The fourth-order valence-electron chi connectivity index (χ4n) is 2.53. The van der Waals surface area contributed by atoms with Crippen molar-refractivity contribution in [2.75, 3.05) is 0 Å². The van der Waals surface area contributed by atoms with Crippen molar-refractivity contribution in [1.29, 1.82) is 0 Å². The lowest BCUT2D eigenvalue weighted by Gasteiger charge is -2.40. The molecule has 0 radical (unpaired) electrons. The van der Waals surface area contributed by atoms with Gasteiger partial charge in [-0.15, -0.1) is 0 Å². The van der Waals surface area contributed by atoms with Crippen LogP contribution < -0.4 is 0 Å². The molecule has 108 valence electrons. The van der Waals surface area contributed by atoms with E-state index in [9.17, 15) is 14.2 Å². The van der Waals surface area contributed by atoms with Crippen LogP contribution in [0.4, 0.5) is 0 Å². The van der Waals surface area contributed by atoms with Gasteiger partial charge in [-0.2, -0.15) is 0 Å². The molecule has 1 rings (SSSR count). The van der Waals surface area contributed by atoms with Crippen molar-refractivity contribution in [3.8, 4) is 0 Å². The van der Waals surface area contributed by atoms with E-state index < -0.39 is 32.1 Å². The summed E-state index contributed by atoms with van der Waals surface area (Å²) in [6.07, 6.45) is 3.24.